The number of Topliss-reactive ketones (excluding diaryl/α,β-unsaturated/α-hetero) is 1. The summed E-state index contributed by atoms with van der Waals surface area (Å²) in [6.07, 6.45) is 0.945. The van der Waals surface area contributed by atoms with Gasteiger partial charge in [0.25, 0.3) is 0 Å². The van der Waals surface area contributed by atoms with Gasteiger partial charge in [-0.2, -0.15) is 0 Å². The van der Waals surface area contributed by atoms with Gasteiger partial charge in [-0.1, -0.05) is 43.0 Å². The quantitative estimate of drug-likeness (QED) is 0.496. The molecule has 26 heavy (non-hydrogen) atoms. The number of rotatable bonds is 7. The zero-order valence-electron chi connectivity index (χ0n) is 15.1. The second-order valence-electron chi connectivity index (χ2n) is 5.86. The lowest BCUT2D eigenvalue weighted by molar-refractivity contribution is -0.136. The third-order valence-electron chi connectivity index (χ3n) is 4.10. The van der Waals surface area contributed by atoms with Gasteiger partial charge in [0.2, 0.25) is 4.38 Å². The van der Waals surface area contributed by atoms with Crippen LogP contribution in [0.2, 0.25) is 0 Å². The van der Waals surface area contributed by atoms with Crippen LogP contribution >= 0.6 is 24.0 Å². The largest absolute Gasteiger partial charge is 0.497 e. The van der Waals surface area contributed by atoms with Gasteiger partial charge in [0.15, 0.2) is 0 Å². The van der Waals surface area contributed by atoms with Gasteiger partial charge in [-0.15, -0.1) is 0 Å². The minimum absolute atomic E-state index is 0.163. The Kier molecular flexibility index (Phi) is 7.60. The van der Waals surface area contributed by atoms with Crippen molar-refractivity contribution in [1.29, 1.82) is 0 Å². The average Bonchev–Trinajstić information content (AvgIpc) is 2.66. The number of fused-ring (bicyclic) bond motifs is 1. The fourth-order valence-electron chi connectivity index (χ4n) is 2.40. The second kappa shape index (κ2) is 9.69. The van der Waals surface area contributed by atoms with Crippen molar-refractivity contribution in [2.45, 2.75) is 32.6 Å². The molecule has 0 aliphatic heterocycles. The van der Waals surface area contributed by atoms with Gasteiger partial charge in [0.1, 0.15) is 11.5 Å². The van der Waals surface area contributed by atoms with E-state index in [1.165, 1.54) is 11.8 Å². The maximum Gasteiger partial charge on any atom is 0.319 e. The van der Waals surface area contributed by atoms with E-state index in [0.717, 1.165) is 22.1 Å². The van der Waals surface area contributed by atoms with Crippen LogP contribution in [0.4, 0.5) is 0 Å². The van der Waals surface area contributed by atoms with Crippen LogP contribution in [-0.2, 0) is 14.3 Å². The molecule has 0 aliphatic rings. The summed E-state index contributed by atoms with van der Waals surface area (Å²) < 4.78 is 10.6. The number of ketones is 1. The molecule has 0 heterocycles. The highest BCUT2D eigenvalue weighted by Gasteiger charge is 2.19. The normalized spacial score (nSPS) is 11.8. The van der Waals surface area contributed by atoms with Crippen LogP contribution in [0.5, 0.6) is 5.75 Å². The summed E-state index contributed by atoms with van der Waals surface area (Å²) in [4.78, 5) is 23.6. The smallest absolute Gasteiger partial charge is 0.319 e. The molecule has 4 nitrogen and oxygen atoms in total. The van der Waals surface area contributed by atoms with E-state index < -0.39 is 11.9 Å². The van der Waals surface area contributed by atoms with Gasteiger partial charge < -0.3 is 9.47 Å². The number of hydrogen-bond donors (Lipinski definition) is 0. The fraction of sp³-hybridized carbons (Fsp3) is 0.350. The molecule has 0 bridgehead atoms. The Balaban J connectivity index is 1.97. The van der Waals surface area contributed by atoms with Crippen molar-refractivity contribution in [1.82, 2.24) is 0 Å². The molecule has 0 N–H and O–H groups in total. The summed E-state index contributed by atoms with van der Waals surface area (Å²) in [5.41, 5.74) is 0.863. The third kappa shape index (κ3) is 5.54. The van der Waals surface area contributed by atoms with Gasteiger partial charge in [0, 0.05) is 18.6 Å². The molecule has 0 amide bonds. The van der Waals surface area contributed by atoms with Crippen LogP contribution in [0.1, 0.15) is 38.2 Å². The van der Waals surface area contributed by atoms with Gasteiger partial charge in [-0.25, -0.2) is 0 Å². The first kappa shape index (κ1) is 20.4. The van der Waals surface area contributed by atoms with Crippen molar-refractivity contribution in [2.24, 2.45) is 0 Å². The number of carbonyl (C=O) groups excluding carboxylic acids is 2. The molecule has 0 radical (unpaired) electrons. The highest BCUT2D eigenvalue weighted by molar-refractivity contribution is 8.22. The van der Waals surface area contributed by atoms with E-state index in [4.69, 9.17) is 21.7 Å². The number of hydrogen-bond acceptors (Lipinski definition) is 6. The zero-order chi connectivity index (χ0) is 19.1. The van der Waals surface area contributed by atoms with Crippen molar-refractivity contribution >= 4 is 50.9 Å². The molecule has 0 spiro atoms. The van der Waals surface area contributed by atoms with Crippen LogP contribution in [-0.4, -0.2) is 29.0 Å². The second-order valence-corrected chi connectivity index (χ2v) is 7.55. The van der Waals surface area contributed by atoms with E-state index in [1.54, 1.807) is 14.0 Å². The van der Waals surface area contributed by atoms with Gasteiger partial charge >= 0.3 is 5.97 Å². The molecule has 138 valence electrons. The summed E-state index contributed by atoms with van der Waals surface area (Å²) in [6.45, 7) is 3.62. The van der Waals surface area contributed by atoms with E-state index in [1.807, 2.05) is 43.3 Å². The number of thiocarbonyl (C=S) groups is 1. The molecule has 0 aromatic heterocycles. The topological polar surface area (TPSA) is 52.6 Å². The van der Waals surface area contributed by atoms with E-state index in [9.17, 15) is 9.59 Å². The summed E-state index contributed by atoms with van der Waals surface area (Å²) in [6, 6.07) is 11.6. The first-order chi connectivity index (χ1) is 12.4. The Hall–Kier alpha value is -1.92. The molecular weight excluding hydrogens is 368 g/mol. The van der Waals surface area contributed by atoms with Crippen molar-refractivity contribution in [3.8, 4) is 5.75 Å². The monoisotopic (exact) mass is 390 g/mol. The predicted molar refractivity (Wildman–Crippen MR) is 110 cm³/mol. The van der Waals surface area contributed by atoms with E-state index in [-0.39, 0.29) is 10.2 Å². The Morgan fingerprint density at radius 2 is 1.85 bits per heavy atom. The molecule has 0 unspecified atom stereocenters. The molecule has 6 heteroatoms. The maximum atomic E-state index is 12.3. The zero-order valence-corrected chi connectivity index (χ0v) is 16.7. The number of methoxy groups -OCH3 is 1. The molecule has 0 saturated heterocycles. The van der Waals surface area contributed by atoms with E-state index >= 15 is 0 Å². The van der Waals surface area contributed by atoms with Crippen LogP contribution < -0.4 is 4.74 Å². The van der Waals surface area contributed by atoms with Crippen molar-refractivity contribution in [3.05, 3.63) is 42.0 Å². The first-order valence-electron chi connectivity index (χ1n) is 8.42. The van der Waals surface area contributed by atoms with Crippen molar-refractivity contribution in [3.63, 3.8) is 0 Å². The Bertz CT molecular complexity index is 817. The van der Waals surface area contributed by atoms with Crippen LogP contribution in [0.25, 0.3) is 10.8 Å². The van der Waals surface area contributed by atoms with Crippen LogP contribution in [0.15, 0.2) is 36.4 Å². The third-order valence-corrected chi connectivity index (χ3v) is 5.27. The van der Waals surface area contributed by atoms with Crippen molar-refractivity contribution < 1.29 is 19.1 Å². The minimum atomic E-state index is -0.433. The highest BCUT2D eigenvalue weighted by Crippen LogP contribution is 2.26. The Labute approximate surface area is 163 Å². The lowest BCUT2D eigenvalue weighted by Crippen LogP contribution is -2.15. The summed E-state index contributed by atoms with van der Waals surface area (Å²) >= 11 is 6.31. The maximum absolute atomic E-state index is 12.3. The molecule has 2 aromatic rings. The van der Waals surface area contributed by atoms with Crippen LogP contribution in [0, 0.1) is 0 Å². The van der Waals surface area contributed by atoms with Gasteiger partial charge in [-0.3, -0.25) is 9.59 Å². The molecule has 2 aromatic carbocycles. The first-order valence-corrected chi connectivity index (χ1v) is 9.81. The van der Waals surface area contributed by atoms with Gasteiger partial charge in [-0.05, 0) is 47.6 Å². The number of carbonyl (C=O) groups is 2. The lowest BCUT2D eigenvalue weighted by atomic mass is 9.98. The summed E-state index contributed by atoms with van der Waals surface area (Å²) in [7, 11) is 1.63. The van der Waals surface area contributed by atoms with Crippen LogP contribution in [0.3, 0.4) is 0 Å². The number of benzene rings is 2. The fourth-order valence-corrected chi connectivity index (χ4v) is 3.37. The molecule has 0 fully saturated rings. The van der Waals surface area contributed by atoms with Crippen molar-refractivity contribution in [2.75, 3.05) is 12.9 Å². The van der Waals surface area contributed by atoms with E-state index in [0.29, 0.717) is 18.6 Å². The molecule has 1 atom stereocenters. The number of esters is 1. The standard InChI is InChI=1S/C20H22O4S2/c1-4-17(21)9-10-26-20(25)24-19(22)13(2)14-5-6-16-12-18(23-3)8-7-15(16)11-14/h5-8,11-13H,4,9-10H2,1-3H3/t13-/m0/s1. The van der Waals surface area contributed by atoms with Gasteiger partial charge in [0.05, 0.1) is 13.0 Å². The minimum Gasteiger partial charge on any atom is -0.497 e. The van der Waals surface area contributed by atoms with E-state index in [2.05, 4.69) is 0 Å². The average molecular weight is 391 g/mol. The predicted octanol–water partition coefficient (Wildman–Crippen LogP) is 4.88. The molecule has 0 saturated carbocycles. The highest BCUT2D eigenvalue weighted by atomic mass is 32.2. The number of thioether (sulfide) groups is 1. The molecule has 2 rings (SSSR count). The molecule has 0 aliphatic carbocycles. The Morgan fingerprint density at radius 3 is 2.54 bits per heavy atom. The summed E-state index contributed by atoms with van der Waals surface area (Å²) in [5, 5.41) is 2.07. The Morgan fingerprint density at radius 1 is 1.15 bits per heavy atom. The number of ether oxygens (including phenoxy) is 2. The molecular formula is C20H22O4S2. The SMILES string of the molecule is CCC(=O)CCSC(=S)OC(=O)[C@@H](C)c1ccc2cc(OC)ccc2c1. The summed E-state index contributed by atoms with van der Waals surface area (Å²) in [5.74, 6) is 0.675. The lowest BCUT2D eigenvalue weighted by Gasteiger charge is -2.13.